The fraction of sp³-hybridized carbons (Fsp3) is 0.458. The van der Waals surface area contributed by atoms with Gasteiger partial charge < -0.3 is 15.6 Å². The summed E-state index contributed by atoms with van der Waals surface area (Å²) in [6.07, 6.45) is -2.29. The lowest BCUT2D eigenvalue weighted by molar-refractivity contribution is -0.157. The maximum Gasteiger partial charge on any atom is 0.407 e. The second-order valence-corrected chi connectivity index (χ2v) is 8.76. The molecule has 0 saturated heterocycles. The Kier molecular flexibility index (Phi) is 6.85. The van der Waals surface area contributed by atoms with Gasteiger partial charge in [-0.05, 0) is 43.1 Å². The molecule has 186 valence electrons. The summed E-state index contributed by atoms with van der Waals surface area (Å²) in [5, 5.41) is 19.6. The summed E-state index contributed by atoms with van der Waals surface area (Å²) in [6, 6.07) is 7.53. The molecule has 1 saturated carbocycles. The number of H-pyrrole nitrogens is 1. The number of aromatic amines is 1. The van der Waals surface area contributed by atoms with Gasteiger partial charge in [0.15, 0.2) is 5.82 Å². The molecule has 0 bridgehead atoms. The number of nitriles is 1. The minimum Gasteiger partial charge on any atom is -0.338 e. The summed E-state index contributed by atoms with van der Waals surface area (Å²) in [4.78, 5) is 15.3. The molecule has 3 N–H and O–H groups in total. The zero-order valence-corrected chi connectivity index (χ0v) is 19.1. The number of halogens is 4. The summed E-state index contributed by atoms with van der Waals surface area (Å²) in [7, 11) is 0. The average molecular weight is 491 g/mol. The maximum atomic E-state index is 15.3. The third kappa shape index (κ3) is 4.62. The molecule has 3 atom stereocenters. The van der Waals surface area contributed by atoms with Crippen LogP contribution in [-0.4, -0.2) is 33.7 Å². The van der Waals surface area contributed by atoms with Crippen LogP contribution in [0.4, 0.5) is 29.1 Å². The first-order chi connectivity index (χ1) is 16.7. The molecule has 4 rings (SSSR count). The number of nitrogens with zero attached hydrogens (tertiary/aromatic N) is 3. The van der Waals surface area contributed by atoms with Crippen molar-refractivity contribution in [1.82, 2.24) is 20.1 Å². The van der Waals surface area contributed by atoms with Crippen LogP contribution in [-0.2, 0) is 5.54 Å². The van der Waals surface area contributed by atoms with E-state index in [4.69, 9.17) is 0 Å². The lowest BCUT2D eigenvalue weighted by Gasteiger charge is -2.39. The Morgan fingerprint density at radius 2 is 2.03 bits per heavy atom. The minimum atomic E-state index is -4.45. The largest absolute Gasteiger partial charge is 0.407 e. The van der Waals surface area contributed by atoms with E-state index in [0.717, 1.165) is 6.42 Å². The lowest BCUT2D eigenvalue weighted by Crippen LogP contribution is -2.45. The molecule has 3 aromatic rings. The summed E-state index contributed by atoms with van der Waals surface area (Å²) < 4.78 is 56.9. The van der Waals surface area contributed by atoms with Gasteiger partial charge in [0.2, 0.25) is 0 Å². The van der Waals surface area contributed by atoms with Crippen molar-refractivity contribution in [2.75, 3.05) is 11.9 Å². The van der Waals surface area contributed by atoms with Gasteiger partial charge in [-0.2, -0.15) is 23.5 Å². The Hall–Kier alpha value is -3.39. The van der Waals surface area contributed by atoms with Gasteiger partial charge in [-0.25, -0.2) is 4.39 Å². The standard InChI is InChI=1S/C24H26F4N6O/c1-2-30-20(24(26,27)28)15-6-8-16(9-7-15)32-21-19-17(10-14-31-22(19)35)34(33-21)23(12-13-29)11-4-3-5-18(23)25/h6-10,14,18,20,30H,2-5,11-12H2,1H3,(H,31,35)(H,32,33). The van der Waals surface area contributed by atoms with Crippen LogP contribution in [0.15, 0.2) is 41.3 Å². The highest BCUT2D eigenvalue weighted by Gasteiger charge is 2.45. The maximum absolute atomic E-state index is 15.3. The summed E-state index contributed by atoms with van der Waals surface area (Å²) in [5.74, 6) is 0.142. The highest BCUT2D eigenvalue weighted by Crippen LogP contribution is 2.42. The average Bonchev–Trinajstić information content (AvgIpc) is 3.19. The molecule has 0 spiro atoms. The number of alkyl halides is 4. The van der Waals surface area contributed by atoms with Crippen LogP contribution in [0, 0.1) is 11.3 Å². The third-order valence-electron chi connectivity index (χ3n) is 6.55. The van der Waals surface area contributed by atoms with Crippen molar-refractivity contribution < 1.29 is 17.6 Å². The number of hydrogen-bond acceptors (Lipinski definition) is 5. The molecule has 2 aromatic heterocycles. The predicted molar refractivity (Wildman–Crippen MR) is 124 cm³/mol. The lowest BCUT2D eigenvalue weighted by atomic mass is 9.78. The van der Waals surface area contributed by atoms with Gasteiger partial charge in [0.05, 0.1) is 18.0 Å². The second kappa shape index (κ2) is 9.70. The fourth-order valence-corrected chi connectivity index (χ4v) is 4.86. The van der Waals surface area contributed by atoms with Crippen LogP contribution in [0.1, 0.15) is 50.6 Å². The van der Waals surface area contributed by atoms with Crippen molar-refractivity contribution in [3.8, 4) is 6.07 Å². The van der Waals surface area contributed by atoms with E-state index in [-0.39, 0.29) is 29.7 Å². The van der Waals surface area contributed by atoms with Gasteiger partial charge in [0.1, 0.15) is 23.1 Å². The van der Waals surface area contributed by atoms with Gasteiger partial charge in [-0.15, -0.1) is 0 Å². The van der Waals surface area contributed by atoms with Crippen LogP contribution in [0.3, 0.4) is 0 Å². The van der Waals surface area contributed by atoms with Crippen molar-refractivity contribution in [2.24, 2.45) is 0 Å². The molecule has 1 aliphatic carbocycles. The molecule has 1 fully saturated rings. The van der Waals surface area contributed by atoms with Crippen LogP contribution < -0.4 is 16.2 Å². The number of pyridine rings is 1. The quantitative estimate of drug-likeness (QED) is 0.396. The normalized spacial score (nSPS) is 21.5. The SMILES string of the molecule is CCNC(c1ccc(Nc2nn(C3(CC#N)CCCCC3F)c3cc[nH]c(=O)c23)cc1)C(F)(F)F. The van der Waals surface area contributed by atoms with Gasteiger partial charge in [-0.3, -0.25) is 9.48 Å². The van der Waals surface area contributed by atoms with Crippen LogP contribution >= 0.6 is 0 Å². The summed E-state index contributed by atoms with van der Waals surface area (Å²) in [6.45, 7) is 1.75. The Labute approximate surface area is 199 Å². The molecule has 2 heterocycles. The van der Waals surface area contributed by atoms with Crippen LogP contribution in [0.5, 0.6) is 0 Å². The number of fused-ring (bicyclic) bond motifs is 1. The zero-order chi connectivity index (χ0) is 25.2. The minimum absolute atomic E-state index is 0.0496. The Bertz CT molecular complexity index is 1280. The van der Waals surface area contributed by atoms with E-state index >= 15 is 4.39 Å². The molecule has 7 nitrogen and oxygen atoms in total. The number of hydrogen-bond donors (Lipinski definition) is 3. The molecule has 35 heavy (non-hydrogen) atoms. The molecule has 3 unspecified atom stereocenters. The molecular formula is C24H26F4N6O. The van der Waals surface area contributed by atoms with E-state index in [1.165, 1.54) is 35.1 Å². The van der Waals surface area contributed by atoms with E-state index in [2.05, 4.69) is 26.8 Å². The van der Waals surface area contributed by atoms with Crippen molar-refractivity contribution in [2.45, 2.75) is 63.0 Å². The molecule has 1 aromatic carbocycles. The van der Waals surface area contributed by atoms with E-state index in [1.807, 2.05) is 0 Å². The number of anilines is 2. The highest BCUT2D eigenvalue weighted by atomic mass is 19.4. The van der Waals surface area contributed by atoms with Crippen molar-refractivity contribution in [3.63, 3.8) is 0 Å². The number of rotatable bonds is 7. The predicted octanol–water partition coefficient (Wildman–Crippen LogP) is 5.20. The smallest absolute Gasteiger partial charge is 0.338 e. The van der Waals surface area contributed by atoms with Crippen molar-refractivity contribution >= 4 is 22.4 Å². The Morgan fingerprint density at radius 1 is 1.29 bits per heavy atom. The summed E-state index contributed by atoms with van der Waals surface area (Å²) >= 11 is 0. The first-order valence-electron chi connectivity index (χ1n) is 11.5. The van der Waals surface area contributed by atoms with Crippen LogP contribution in [0.2, 0.25) is 0 Å². The Morgan fingerprint density at radius 3 is 2.66 bits per heavy atom. The molecule has 0 radical (unpaired) electrons. The zero-order valence-electron chi connectivity index (χ0n) is 19.1. The topological polar surface area (TPSA) is 98.5 Å². The second-order valence-electron chi connectivity index (χ2n) is 8.76. The van der Waals surface area contributed by atoms with Crippen molar-refractivity contribution in [1.29, 1.82) is 5.26 Å². The third-order valence-corrected chi connectivity index (χ3v) is 6.55. The van der Waals surface area contributed by atoms with Crippen molar-refractivity contribution in [3.05, 3.63) is 52.4 Å². The molecular weight excluding hydrogens is 464 g/mol. The summed E-state index contributed by atoms with van der Waals surface area (Å²) in [5.41, 5.74) is -0.800. The highest BCUT2D eigenvalue weighted by molar-refractivity contribution is 5.91. The monoisotopic (exact) mass is 490 g/mol. The molecule has 11 heteroatoms. The van der Waals surface area contributed by atoms with Gasteiger partial charge >= 0.3 is 6.18 Å². The van der Waals surface area contributed by atoms with Gasteiger partial charge in [-0.1, -0.05) is 31.9 Å². The van der Waals surface area contributed by atoms with Gasteiger partial charge in [0.25, 0.3) is 5.56 Å². The van der Waals surface area contributed by atoms with E-state index in [0.29, 0.717) is 30.5 Å². The first-order valence-corrected chi connectivity index (χ1v) is 11.5. The fourth-order valence-electron chi connectivity index (χ4n) is 4.86. The van der Waals surface area contributed by atoms with Gasteiger partial charge in [0, 0.05) is 11.9 Å². The van der Waals surface area contributed by atoms with E-state index in [1.54, 1.807) is 13.0 Å². The number of aromatic nitrogens is 3. The first kappa shape index (κ1) is 24.7. The molecule has 1 aliphatic rings. The molecule has 0 amide bonds. The molecule has 0 aliphatic heterocycles. The van der Waals surface area contributed by atoms with Crippen LogP contribution in [0.25, 0.3) is 10.9 Å². The number of nitrogens with one attached hydrogen (secondary N) is 3. The Balaban J connectivity index is 1.75. The number of benzene rings is 1. The van der Waals surface area contributed by atoms with E-state index in [9.17, 15) is 23.2 Å². The van der Waals surface area contributed by atoms with E-state index < -0.39 is 29.5 Å².